The van der Waals surface area contributed by atoms with E-state index in [4.69, 9.17) is 10.2 Å². The first-order chi connectivity index (χ1) is 7.04. The van der Waals surface area contributed by atoms with E-state index < -0.39 is 18.0 Å². The predicted molar refractivity (Wildman–Crippen MR) is 49.0 cm³/mol. The number of hydrogen-bond donors (Lipinski definition) is 3. The van der Waals surface area contributed by atoms with Crippen LogP contribution in [0.1, 0.15) is 6.42 Å². The Hall–Kier alpha value is -2.11. The number of aldehydes is 1. The van der Waals surface area contributed by atoms with E-state index in [2.05, 4.69) is 5.32 Å². The van der Waals surface area contributed by atoms with Crippen molar-refractivity contribution >= 4 is 18.2 Å². The standard InChI is InChI=1S/C9H9NO5/c11-2-1-5-3-6(8(12)13)10-7(4-5)9(14)15/h1-3,7,10H,4H2,(H,12,13)(H,14,15)/t7-/m0/s1. The van der Waals surface area contributed by atoms with Crippen molar-refractivity contribution in [3.8, 4) is 0 Å². The minimum atomic E-state index is -1.25. The van der Waals surface area contributed by atoms with Gasteiger partial charge in [0.25, 0.3) is 0 Å². The SMILES string of the molecule is O=CC=C1C=C(C(=O)O)N[C@H](C(=O)O)C1. The molecule has 6 nitrogen and oxygen atoms in total. The van der Waals surface area contributed by atoms with E-state index >= 15 is 0 Å². The number of hydrogen-bond acceptors (Lipinski definition) is 4. The third-order valence-corrected chi connectivity index (χ3v) is 1.91. The molecule has 0 amide bonds. The van der Waals surface area contributed by atoms with Gasteiger partial charge < -0.3 is 15.5 Å². The summed E-state index contributed by atoms with van der Waals surface area (Å²) in [5.41, 5.74) is 0.162. The van der Waals surface area contributed by atoms with Crippen molar-refractivity contribution in [3.63, 3.8) is 0 Å². The van der Waals surface area contributed by atoms with Crippen LogP contribution in [0.4, 0.5) is 0 Å². The zero-order valence-corrected chi connectivity index (χ0v) is 7.64. The van der Waals surface area contributed by atoms with Crippen LogP contribution in [0.3, 0.4) is 0 Å². The third kappa shape index (κ3) is 2.67. The molecule has 15 heavy (non-hydrogen) atoms. The maximum Gasteiger partial charge on any atom is 0.351 e. The molecule has 0 saturated carbocycles. The molecular weight excluding hydrogens is 202 g/mol. The first kappa shape index (κ1) is 11.0. The van der Waals surface area contributed by atoms with E-state index in [1.165, 1.54) is 6.08 Å². The number of nitrogens with one attached hydrogen (secondary N) is 1. The second-order valence-electron chi connectivity index (χ2n) is 2.98. The second-order valence-corrected chi connectivity index (χ2v) is 2.98. The van der Waals surface area contributed by atoms with Crippen molar-refractivity contribution in [2.24, 2.45) is 0 Å². The number of carbonyl (C=O) groups is 3. The molecule has 0 aromatic heterocycles. The topological polar surface area (TPSA) is 104 Å². The molecule has 0 radical (unpaired) electrons. The Morgan fingerprint density at radius 3 is 2.60 bits per heavy atom. The molecule has 0 unspecified atom stereocenters. The molecule has 0 saturated heterocycles. The van der Waals surface area contributed by atoms with Crippen molar-refractivity contribution in [3.05, 3.63) is 23.4 Å². The monoisotopic (exact) mass is 211 g/mol. The highest BCUT2D eigenvalue weighted by atomic mass is 16.4. The third-order valence-electron chi connectivity index (χ3n) is 1.91. The number of carbonyl (C=O) groups excluding carboxylic acids is 1. The minimum absolute atomic E-state index is 0.0881. The molecule has 0 aromatic rings. The number of carboxylic acids is 2. The molecule has 80 valence electrons. The van der Waals surface area contributed by atoms with Gasteiger partial charge in [-0.1, -0.05) is 0 Å². The van der Waals surface area contributed by atoms with Crippen molar-refractivity contribution in [2.75, 3.05) is 0 Å². The van der Waals surface area contributed by atoms with Crippen LogP contribution in [0.25, 0.3) is 0 Å². The highest BCUT2D eigenvalue weighted by Crippen LogP contribution is 2.16. The van der Waals surface area contributed by atoms with Crippen LogP contribution in [0.15, 0.2) is 23.4 Å². The summed E-state index contributed by atoms with van der Waals surface area (Å²) in [6, 6.07) is -1.01. The number of rotatable bonds is 3. The molecule has 1 atom stereocenters. The Labute approximate surface area is 84.9 Å². The van der Waals surface area contributed by atoms with Crippen LogP contribution in [0.2, 0.25) is 0 Å². The Morgan fingerprint density at radius 1 is 1.47 bits per heavy atom. The second kappa shape index (κ2) is 4.41. The average Bonchev–Trinajstić information content (AvgIpc) is 2.17. The summed E-state index contributed by atoms with van der Waals surface area (Å²) in [5.74, 6) is -2.41. The largest absolute Gasteiger partial charge is 0.480 e. The summed E-state index contributed by atoms with van der Waals surface area (Å²) >= 11 is 0. The molecule has 0 fully saturated rings. The summed E-state index contributed by atoms with van der Waals surface area (Å²) in [4.78, 5) is 31.5. The van der Waals surface area contributed by atoms with Gasteiger partial charge in [-0.2, -0.15) is 0 Å². The zero-order chi connectivity index (χ0) is 11.4. The molecule has 0 spiro atoms. The molecule has 1 aliphatic rings. The van der Waals surface area contributed by atoms with Gasteiger partial charge in [-0.15, -0.1) is 0 Å². The summed E-state index contributed by atoms with van der Waals surface area (Å²) < 4.78 is 0. The van der Waals surface area contributed by atoms with Crippen molar-refractivity contribution < 1.29 is 24.6 Å². The minimum Gasteiger partial charge on any atom is -0.480 e. The van der Waals surface area contributed by atoms with Crippen molar-refractivity contribution in [1.29, 1.82) is 0 Å². The highest BCUT2D eigenvalue weighted by Gasteiger charge is 2.26. The Balaban J connectivity index is 2.99. The van der Waals surface area contributed by atoms with Crippen LogP contribution < -0.4 is 5.32 Å². The lowest BCUT2D eigenvalue weighted by Gasteiger charge is -2.21. The molecule has 1 heterocycles. The Kier molecular flexibility index (Phi) is 3.22. The van der Waals surface area contributed by atoms with Gasteiger partial charge in [-0.25, -0.2) is 9.59 Å². The highest BCUT2D eigenvalue weighted by molar-refractivity contribution is 5.89. The first-order valence-electron chi connectivity index (χ1n) is 4.13. The van der Waals surface area contributed by atoms with Gasteiger partial charge in [-0.3, -0.25) is 4.79 Å². The average molecular weight is 211 g/mol. The van der Waals surface area contributed by atoms with Crippen LogP contribution in [-0.4, -0.2) is 34.5 Å². The molecular formula is C9H9NO5. The van der Waals surface area contributed by atoms with Gasteiger partial charge in [-0.05, 0) is 17.7 Å². The maximum absolute atomic E-state index is 10.7. The molecule has 0 bridgehead atoms. The van der Waals surface area contributed by atoms with Gasteiger partial charge in [0, 0.05) is 6.42 Å². The predicted octanol–water partition coefficient (Wildman–Crippen LogP) is -0.473. The lowest BCUT2D eigenvalue weighted by Crippen LogP contribution is -2.41. The first-order valence-corrected chi connectivity index (χ1v) is 4.13. The van der Waals surface area contributed by atoms with Crippen LogP contribution in [-0.2, 0) is 14.4 Å². The lowest BCUT2D eigenvalue weighted by atomic mass is 10.0. The smallest absolute Gasteiger partial charge is 0.351 e. The fourth-order valence-corrected chi connectivity index (χ4v) is 1.24. The van der Waals surface area contributed by atoms with E-state index in [9.17, 15) is 14.4 Å². The van der Waals surface area contributed by atoms with E-state index in [-0.39, 0.29) is 12.1 Å². The molecule has 0 aliphatic carbocycles. The molecule has 1 rings (SSSR count). The van der Waals surface area contributed by atoms with Gasteiger partial charge in [0.1, 0.15) is 18.0 Å². The molecule has 0 aromatic carbocycles. The summed E-state index contributed by atoms with van der Waals surface area (Å²) in [6.45, 7) is 0. The number of allylic oxidation sites excluding steroid dienone is 2. The number of aliphatic carboxylic acids is 2. The van der Waals surface area contributed by atoms with E-state index in [0.717, 1.165) is 6.08 Å². The van der Waals surface area contributed by atoms with Crippen LogP contribution in [0.5, 0.6) is 0 Å². The Morgan fingerprint density at radius 2 is 2.13 bits per heavy atom. The zero-order valence-electron chi connectivity index (χ0n) is 7.64. The van der Waals surface area contributed by atoms with E-state index in [1.807, 2.05) is 0 Å². The van der Waals surface area contributed by atoms with Crippen LogP contribution in [0, 0.1) is 0 Å². The summed E-state index contributed by atoms with van der Waals surface area (Å²) in [5, 5.41) is 19.8. The maximum atomic E-state index is 10.7. The fourth-order valence-electron chi connectivity index (χ4n) is 1.24. The van der Waals surface area contributed by atoms with Gasteiger partial charge in [0.05, 0.1) is 0 Å². The van der Waals surface area contributed by atoms with Gasteiger partial charge in [0.2, 0.25) is 0 Å². The van der Waals surface area contributed by atoms with E-state index in [1.54, 1.807) is 0 Å². The molecule has 3 N–H and O–H groups in total. The normalized spacial score (nSPS) is 22.8. The van der Waals surface area contributed by atoms with Gasteiger partial charge >= 0.3 is 11.9 Å². The summed E-state index contributed by atoms with van der Waals surface area (Å²) in [7, 11) is 0. The fraction of sp³-hybridized carbons (Fsp3) is 0.222. The lowest BCUT2D eigenvalue weighted by molar-refractivity contribution is -0.139. The Bertz CT molecular complexity index is 369. The van der Waals surface area contributed by atoms with Crippen LogP contribution >= 0.6 is 0 Å². The van der Waals surface area contributed by atoms with E-state index in [0.29, 0.717) is 11.9 Å². The molecule has 1 aliphatic heterocycles. The quantitative estimate of drug-likeness (QED) is 0.430. The number of carboxylic acid groups (broad SMARTS) is 2. The molecule has 6 heteroatoms. The summed E-state index contributed by atoms with van der Waals surface area (Å²) in [6.07, 6.45) is 2.98. The van der Waals surface area contributed by atoms with Crippen molar-refractivity contribution in [1.82, 2.24) is 5.32 Å². The van der Waals surface area contributed by atoms with Crippen molar-refractivity contribution in [2.45, 2.75) is 12.5 Å². The van der Waals surface area contributed by atoms with Gasteiger partial charge in [0.15, 0.2) is 0 Å².